The van der Waals surface area contributed by atoms with Crippen LogP contribution in [-0.4, -0.2) is 17.7 Å². The Kier molecular flexibility index (Phi) is 4.66. The van der Waals surface area contributed by atoms with Gasteiger partial charge in [-0.2, -0.15) is 0 Å². The summed E-state index contributed by atoms with van der Waals surface area (Å²) in [6.07, 6.45) is 1.58. The third-order valence-electron chi connectivity index (χ3n) is 1.99. The lowest BCUT2D eigenvalue weighted by atomic mass is 10.1. The number of benzene rings is 1. The second-order valence-electron chi connectivity index (χ2n) is 3.18. The molecule has 0 atom stereocenters. The molecule has 0 aliphatic rings. The van der Waals surface area contributed by atoms with Gasteiger partial charge < -0.3 is 9.84 Å². The fourth-order valence-corrected chi connectivity index (χ4v) is 1.77. The molecule has 17 heavy (non-hydrogen) atoms. The van der Waals surface area contributed by atoms with E-state index in [4.69, 9.17) is 21.4 Å². The lowest BCUT2D eigenvalue weighted by molar-refractivity contribution is -0.130. The molecule has 0 saturated carbocycles. The van der Waals surface area contributed by atoms with Crippen LogP contribution in [0, 0.1) is 0 Å². The molecule has 1 aromatic rings. The van der Waals surface area contributed by atoms with Gasteiger partial charge in [-0.1, -0.05) is 30.8 Å². The van der Waals surface area contributed by atoms with Gasteiger partial charge in [0.1, 0.15) is 12.4 Å². The van der Waals surface area contributed by atoms with E-state index in [1.807, 2.05) is 0 Å². The summed E-state index contributed by atoms with van der Waals surface area (Å²) in [6, 6.07) is 3.02. The summed E-state index contributed by atoms with van der Waals surface area (Å²) in [5, 5.41) is 9.13. The van der Waals surface area contributed by atoms with Gasteiger partial charge in [-0.15, -0.1) is 12.6 Å². The zero-order valence-electron chi connectivity index (χ0n) is 8.94. The maximum absolute atomic E-state index is 10.8. The zero-order valence-corrected chi connectivity index (χ0v) is 10.6. The van der Waals surface area contributed by atoms with Crippen LogP contribution in [0.25, 0.3) is 5.57 Å². The Hall–Kier alpha value is -1.39. The number of carbonyl (C=O) groups is 1. The minimum atomic E-state index is -1.13. The number of rotatable bonds is 5. The third-order valence-corrected chi connectivity index (χ3v) is 2.65. The van der Waals surface area contributed by atoms with E-state index >= 15 is 0 Å². The van der Waals surface area contributed by atoms with Gasteiger partial charge in [-0.25, -0.2) is 4.79 Å². The van der Waals surface area contributed by atoms with Crippen molar-refractivity contribution in [3.05, 3.63) is 42.0 Å². The number of ether oxygens (including phenoxy) is 1. The average Bonchev–Trinajstić information content (AvgIpc) is 2.27. The van der Waals surface area contributed by atoms with Crippen LogP contribution < -0.4 is 4.74 Å². The number of carboxylic acid groups (broad SMARTS) is 1. The molecule has 0 radical (unpaired) electrons. The van der Waals surface area contributed by atoms with Gasteiger partial charge in [-0.3, -0.25) is 0 Å². The summed E-state index contributed by atoms with van der Waals surface area (Å²) in [5.74, 6) is -0.691. The maximum atomic E-state index is 10.8. The Morgan fingerprint density at radius 3 is 2.76 bits per heavy atom. The molecule has 0 amide bonds. The van der Waals surface area contributed by atoms with Crippen molar-refractivity contribution in [1.82, 2.24) is 0 Å². The number of thiol groups is 1. The van der Waals surface area contributed by atoms with Crippen LogP contribution in [-0.2, 0) is 4.79 Å². The lowest BCUT2D eigenvalue weighted by Gasteiger charge is -2.11. The molecular weight excluding hydrogens is 260 g/mol. The van der Waals surface area contributed by atoms with Crippen molar-refractivity contribution in [2.45, 2.75) is 4.90 Å². The van der Waals surface area contributed by atoms with Crippen LogP contribution in [0.4, 0.5) is 0 Å². The minimum absolute atomic E-state index is 0.0909. The Morgan fingerprint density at radius 2 is 2.24 bits per heavy atom. The summed E-state index contributed by atoms with van der Waals surface area (Å²) >= 11 is 10.1. The van der Waals surface area contributed by atoms with E-state index in [1.165, 1.54) is 12.1 Å². The van der Waals surface area contributed by atoms with E-state index in [1.54, 1.807) is 6.08 Å². The molecule has 90 valence electrons. The highest BCUT2D eigenvalue weighted by molar-refractivity contribution is 7.80. The Labute approximate surface area is 110 Å². The Morgan fingerprint density at radius 1 is 1.59 bits per heavy atom. The van der Waals surface area contributed by atoms with Gasteiger partial charge >= 0.3 is 5.97 Å². The number of hydrogen-bond donors (Lipinski definition) is 2. The molecule has 0 saturated heterocycles. The van der Waals surface area contributed by atoms with E-state index in [9.17, 15) is 4.79 Å². The van der Waals surface area contributed by atoms with Crippen molar-refractivity contribution in [2.75, 3.05) is 6.61 Å². The fourth-order valence-electron chi connectivity index (χ4n) is 1.15. The van der Waals surface area contributed by atoms with Gasteiger partial charge in [0, 0.05) is 10.5 Å². The topological polar surface area (TPSA) is 46.5 Å². The van der Waals surface area contributed by atoms with Crippen LogP contribution in [0.5, 0.6) is 5.75 Å². The summed E-state index contributed by atoms with van der Waals surface area (Å²) < 4.78 is 5.32. The predicted octanol–water partition coefficient (Wildman–Crippen LogP) is 3.29. The molecule has 1 aromatic carbocycles. The van der Waals surface area contributed by atoms with Gasteiger partial charge in [0.05, 0.1) is 10.6 Å². The second kappa shape index (κ2) is 5.80. The summed E-state index contributed by atoms with van der Waals surface area (Å²) in [6.45, 7) is 7.27. The second-order valence-corrected chi connectivity index (χ2v) is 4.07. The van der Waals surface area contributed by atoms with Gasteiger partial charge in [0.2, 0.25) is 0 Å². The third kappa shape index (κ3) is 3.28. The monoisotopic (exact) mass is 270 g/mol. The lowest BCUT2D eigenvalue weighted by Crippen LogP contribution is -2.01. The Bertz CT molecular complexity index is 483. The van der Waals surface area contributed by atoms with E-state index < -0.39 is 5.97 Å². The van der Waals surface area contributed by atoms with Crippen molar-refractivity contribution in [2.24, 2.45) is 0 Å². The quantitative estimate of drug-likeness (QED) is 0.490. The van der Waals surface area contributed by atoms with Crippen LogP contribution in [0.15, 0.2) is 36.3 Å². The van der Waals surface area contributed by atoms with Crippen LogP contribution in [0.1, 0.15) is 5.56 Å². The molecule has 0 unspecified atom stereocenters. The molecular formula is C12H11ClO3S. The zero-order chi connectivity index (χ0) is 13.0. The first-order valence-electron chi connectivity index (χ1n) is 4.66. The number of hydrogen-bond acceptors (Lipinski definition) is 3. The van der Waals surface area contributed by atoms with Crippen molar-refractivity contribution < 1.29 is 14.6 Å². The molecule has 0 fully saturated rings. The first-order chi connectivity index (χ1) is 7.97. The average molecular weight is 271 g/mol. The number of carboxylic acids is 1. The standard InChI is InChI=1S/C12H11ClO3S/c1-3-4-16-10-5-8(7(2)12(14)15)9(13)6-11(10)17/h3,5-6,17H,1-2,4H2,(H,14,15). The molecule has 1 N–H and O–H groups in total. The first-order valence-corrected chi connectivity index (χ1v) is 5.48. The van der Waals surface area contributed by atoms with Gasteiger partial charge in [-0.05, 0) is 12.1 Å². The first kappa shape index (κ1) is 13.7. The summed E-state index contributed by atoms with van der Waals surface area (Å²) in [7, 11) is 0. The van der Waals surface area contributed by atoms with Crippen LogP contribution in [0.2, 0.25) is 5.02 Å². The molecule has 5 heteroatoms. The van der Waals surface area contributed by atoms with Crippen LogP contribution >= 0.6 is 24.2 Å². The van der Waals surface area contributed by atoms with E-state index in [2.05, 4.69) is 25.8 Å². The highest BCUT2D eigenvalue weighted by Crippen LogP contribution is 2.33. The Balaban J connectivity index is 3.18. The molecule has 0 aliphatic carbocycles. The smallest absolute Gasteiger partial charge is 0.335 e. The number of aliphatic carboxylic acids is 1. The molecule has 0 spiro atoms. The van der Waals surface area contributed by atoms with E-state index in [0.717, 1.165) is 0 Å². The summed E-state index contributed by atoms with van der Waals surface area (Å²) in [4.78, 5) is 11.4. The van der Waals surface area contributed by atoms with Crippen molar-refractivity contribution >= 4 is 35.8 Å². The predicted molar refractivity (Wildman–Crippen MR) is 71.1 cm³/mol. The molecule has 0 bridgehead atoms. The van der Waals surface area contributed by atoms with Gasteiger partial charge in [0.15, 0.2) is 0 Å². The van der Waals surface area contributed by atoms with Crippen molar-refractivity contribution in [1.29, 1.82) is 0 Å². The number of halogens is 1. The fraction of sp³-hybridized carbons (Fsp3) is 0.0833. The summed E-state index contributed by atoms with van der Waals surface area (Å²) in [5.41, 5.74) is 0.225. The van der Waals surface area contributed by atoms with E-state index in [0.29, 0.717) is 22.8 Å². The molecule has 0 aliphatic heterocycles. The highest BCUT2D eigenvalue weighted by Gasteiger charge is 2.14. The molecule has 1 rings (SSSR count). The van der Waals surface area contributed by atoms with Crippen molar-refractivity contribution in [3.63, 3.8) is 0 Å². The van der Waals surface area contributed by atoms with Crippen LogP contribution in [0.3, 0.4) is 0 Å². The molecule has 3 nitrogen and oxygen atoms in total. The SMILES string of the molecule is C=CCOc1cc(C(=C)C(=O)O)c(Cl)cc1S. The largest absolute Gasteiger partial charge is 0.488 e. The molecule has 0 heterocycles. The maximum Gasteiger partial charge on any atom is 0.335 e. The van der Waals surface area contributed by atoms with Gasteiger partial charge in [0.25, 0.3) is 0 Å². The normalized spacial score (nSPS) is 9.76. The van der Waals surface area contributed by atoms with E-state index in [-0.39, 0.29) is 10.6 Å². The van der Waals surface area contributed by atoms with Crippen molar-refractivity contribution in [3.8, 4) is 5.75 Å². The highest BCUT2D eigenvalue weighted by atomic mass is 35.5. The minimum Gasteiger partial charge on any atom is -0.488 e. The molecule has 0 aromatic heterocycles.